The van der Waals surface area contributed by atoms with Gasteiger partial charge in [0, 0.05) is 0 Å². The number of carboxylic acid groups (broad SMARTS) is 1. The highest BCUT2D eigenvalue weighted by Crippen LogP contribution is 2.27. The van der Waals surface area contributed by atoms with E-state index >= 15 is 0 Å². The molecule has 0 radical (unpaired) electrons. The van der Waals surface area contributed by atoms with E-state index in [-0.39, 0.29) is 17.1 Å². The Hall–Kier alpha value is -1.71. The highest BCUT2D eigenvalue weighted by molar-refractivity contribution is 5.93. The molecule has 24 heavy (non-hydrogen) atoms. The van der Waals surface area contributed by atoms with Crippen molar-refractivity contribution in [3.05, 3.63) is 23.8 Å². The van der Waals surface area contributed by atoms with E-state index in [0.29, 0.717) is 6.61 Å². The molecule has 4 nitrogen and oxygen atoms in total. The first-order valence-electron chi connectivity index (χ1n) is 9.35. The lowest BCUT2D eigenvalue weighted by atomic mass is 10.1. The summed E-state index contributed by atoms with van der Waals surface area (Å²) in [5.41, 5.74) is -0.152. The molecule has 0 aliphatic carbocycles. The molecule has 136 valence electrons. The lowest BCUT2D eigenvalue weighted by molar-refractivity contribution is 0.0688. The van der Waals surface area contributed by atoms with Crippen LogP contribution in [-0.4, -0.2) is 22.8 Å². The Labute approximate surface area is 145 Å². The Morgan fingerprint density at radius 3 is 2.00 bits per heavy atom. The van der Waals surface area contributed by atoms with Gasteiger partial charge in [-0.15, -0.1) is 0 Å². The van der Waals surface area contributed by atoms with E-state index in [0.717, 1.165) is 12.8 Å². The van der Waals surface area contributed by atoms with Crippen molar-refractivity contribution >= 4 is 5.97 Å². The number of benzene rings is 1. The number of phenols is 1. The highest BCUT2D eigenvalue weighted by atomic mass is 16.5. The van der Waals surface area contributed by atoms with Crippen LogP contribution in [0.1, 0.15) is 87.9 Å². The number of carboxylic acids is 1. The van der Waals surface area contributed by atoms with Crippen LogP contribution in [0.3, 0.4) is 0 Å². The third kappa shape index (κ3) is 8.23. The van der Waals surface area contributed by atoms with E-state index < -0.39 is 5.97 Å². The smallest absolute Gasteiger partial charge is 0.343 e. The molecule has 0 fully saturated rings. The molecular weight excluding hydrogens is 304 g/mol. The molecule has 0 aromatic heterocycles. The molecule has 4 heteroatoms. The standard InChI is InChI=1S/C20H32O4/c1-2-3-4-5-6-7-8-9-10-11-12-16-24-18-15-13-14-17(21)19(18)20(22)23/h13-15,21H,2-12,16H2,1H3,(H,22,23). The van der Waals surface area contributed by atoms with Crippen LogP contribution in [0.2, 0.25) is 0 Å². The number of aromatic carboxylic acids is 1. The molecule has 0 aliphatic rings. The van der Waals surface area contributed by atoms with E-state index in [1.54, 1.807) is 12.1 Å². The fourth-order valence-corrected chi connectivity index (χ4v) is 2.80. The molecule has 0 atom stereocenters. The summed E-state index contributed by atoms with van der Waals surface area (Å²) in [7, 11) is 0. The first kappa shape index (κ1) is 20.3. The summed E-state index contributed by atoms with van der Waals surface area (Å²) in [6.45, 7) is 2.73. The van der Waals surface area contributed by atoms with Crippen molar-refractivity contribution in [2.75, 3.05) is 6.61 Å². The quantitative estimate of drug-likeness (QED) is 0.423. The Kier molecular flexibility index (Phi) is 10.7. The maximum atomic E-state index is 11.1. The van der Waals surface area contributed by atoms with Crippen molar-refractivity contribution in [2.24, 2.45) is 0 Å². The van der Waals surface area contributed by atoms with E-state index in [1.807, 2.05) is 0 Å². The van der Waals surface area contributed by atoms with E-state index in [9.17, 15) is 9.90 Å². The van der Waals surface area contributed by atoms with Crippen molar-refractivity contribution in [1.29, 1.82) is 0 Å². The van der Waals surface area contributed by atoms with Gasteiger partial charge in [0.15, 0.2) is 0 Å². The average Bonchev–Trinajstić information content (AvgIpc) is 2.55. The van der Waals surface area contributed by atoms with Gasteiger partial charge in [-0.2, -0.15) is 0 Å². The van der Waals surface area contributed by atoms with Crippen molar-refractivity contribution in [3.63, 3.8) is 0 Å². The molecule has 1 aromatic carbocycles. The van der Waals surface area contributed by atoms with Gasteiger partial charge in [-0.25, -0.2) is 4.79 Å². The zero-order valence-corrected chi connectivity index (χ0v) is 14.9. The summed E-state index contributed by atoms with van der Waals surface area (Å²) >= 11 is 0. The average molecular weight is 336 g/mol. The Balaban J connectivity index is 2.05. The lowest BCUT2D eigenvalue weighted by Crippen LogP contribution is -2.04. The van der Waals surface area contributed by atoms with Crippen LogP contribution in [-0.2, 0) is 0 Å². The third-order valence-electron chi connectivity index (χ3n) is 4.22. The van der Waals surface area contributed by atoms with Gasteiger partial charge in [-0.1, -0.05) is 77.2 Å². The summed E-state index contributed by atoms with van der Waals surface area (Å²) in [6, 6.07) is 4.54. The lowest BCUT2D eigenvalue weighted by Gasteiger charge is -2.10. The minimum Gasteiger partial charge on any atom is -0.507 e. The molecule has 0 amide bonds. The molecule has 0 unspecified atom stereocenters. The number of unbranched alkanes of at least 4 members (excludes halogenated alkanes) is 10. The largest absolute Gasteiger partial charge is 0.507 e. The van der Waals surface area contributed by atoms with Gasteiger partial charge in [0.25, 0.3) is 0 Å². The topological polar surface area (TPSA) is 66.8 Å². The van der Waals surface area contributed by atoms with E-state index in [2.05, 4.69) is 6.92 Å². The Bertz CT molecular complexity index is 471. The van der Waals surface area contributed by atoms with E-state index in [4.69, 9.17) is 9.84 Å². The zero-order valence-electron chi connectivity index (χ0n) is 14.9. The van der Waals surface area contributed by atoms with Crippen molar-refractivity contribution in [2.45, 2.75) is 77.6 Å². The second-order valence-electron chi connectivity index (χ2n) is 6.34. The van der Waals surface area contributed by atoms with Gasteiger partial charge in [-0.3, -0.25) is 0 Å². The van der Waals surface area contributed by atoms with Crippen LogP contribution in [0.25, 0.3) is 0 Å². The second kappa shape index (κ2) is 12.7. The molecule has 0 saturated heterocycles. The Morgan fingerprint density at radius 2 is 1.46 bits per heavy atom. The SMILES string of the molecule is CCCCCCCCCCCCCOc1cccc(O)c1C(=O)O. The number of rotatable bonds is 14. The molecule has 1 aromatic rings. The summed E-state index contributed by atoms with van der Waals surface area (Å²) in [4.78, 5) is 11.1. The molecule has 0 heterocycles. The fourth-order valence-electron chi connectivity index (χ4n) is 2.80. The van der Waals surface area contributed by atoms with Gasteiger partial charge in [0.1, 0.15) is 17.1 Å². The van der Waals surface area contributed by atoms with Crippen LogP contribution < -0.4 is 4.74 Å². The molecule has 0 spiro atoms. The van der Waals surface area contributed by atoms with Gasteiger partial charge in [0.2, 0.25) is 0 Å². The molecule has 0 aliphatic heterocycles. The summed E-state index contributed by atoms with van der Waals surface area (Å²) in [5.74, 6) is -1.17. The van der Waals surface area contributed by atoms with Gasteiger partial charge < -0.3 is 14.9 Å². The summed E-state index contributed by atoms with van der Waals surface area (Å²) in [5, 5.41) is 18.7. The van der Waals surface area contributed by atoms with Gasteiger partial charge >= 0.3 is 5.97 Å². The second-order valence-corrected chi connectivity index (χ2v) is 6.34. The van der Waals surface area contributed by atoms with E-state index in [1.165, 1.54) is 63.9 Å². The maximum absolute atomic E-state index is 11.1. The number of carbonyl (C=O) groups is 1. The highest BCUT2D eigenvalue weighted by Gasteiger charge is 2.15. The Morgan fingerprint density at radius 1 is 0.917 bits per heavy atom. The summed E-state index contributed by atoms with van der Waals surface area (Å²) in [6.07, 6.45) is 13.9. The molecule has 0 bridgehead atoms. The van der Waals surface area contributed by atoms with Crippen LogP contribution in [0.5, 0.6) is 11.5 Å². The monoisotopic (exact) mass is 336 g/mol. The van der Waals surface area contributed by atoms with Crippen LogP contribution in [0.4, 0.5) is 0 Å². The molecule has 0 saturated carbocycles. The van der Waals surface area contributed by atoms with Crippen molar-refractivity contribution in [3.8, 4) is 11.5 Å². The number of aromatic hydroxyl groups is 1. The maximum Gasteiger partial charge on any atom is 0.343 e. The number of hydrogen-bond acceptors (Lipinski definition) is 3. The predicted octanol–water partition coefficient (Wildman–Crippen LogP) is 5.78. The minimum absolute atomic E-state index is 0.152. The van der Waals surface area contributed by atoms with Gasteiger partial charge in [0.05, 0.1) is 6.61 Å². The molecule has 1 rings (SSSR count). The minimum atomic E-state index is -1.16. The fraction of sp³-hybridized carbons (Fsp3) is 0.650. The normalized spacial score (nSPS) is 10.7. The van der Waals surface area contributed by atoms with Crippen molar-refractivity contribution in [1.82, 2.24) is 0 Å². The van der Waals surface area contributed by atoms with Crippen LogP contribution in [0, 0.1) is 0 Å². The summed E-state index contributed by atoms with van der Waals surface area (Å²) < 4.78 is 5.52. The van der Waals surface area contributed by atoms with Gasteiger partial charge in [-0.05, 0) is 18.6 Å². The molecular formula is C20H32O4. The molecule has 2 N–H and O–H groups in total. The van der Waals surface area contributed by atoms with Crippen LogP contribution in [0.15, 0.2) is 18.2 Å². The number of hydrogen-bond donors (Lipinski definition) is 2. The predicted molar refractivity (Wildman–Crippen MR) is 97.0 cm³/mol. The zero-order chi connectivity index (χ0) is 17.6. The third-order valence-corrected chi connectivity index (χ3v) is 4.22. The van der Waals surface area contributed by atoms with Crippen LogP contribution >= 0.6 is 0 Å². The number of ether oxygens (including phenoxy) is 1. The first-order chi connectivity index (χ1) is 11.7. The first-order valence-corrected chi connectivity index (χ1v) is 9.35. The van der Waals surface area contributed by atoms with Crippen molar-refractivity contribution < 1.29 is 19.7 Å².